The molecule has 6 nitrogen and oxygen atoms in total. The summed E-state index contributed by atoms with van der Waals surface area (Å²) in [5.74, 6) is 1.67. The van der Waals surface area contributed by atoms with E-state index in [1.54, 1.807) is 14.2 Å². The van der Waals surface area contributed by atoms with Crippen LogP contribution in [0.3, 0.4) is 0 Å². The predicted octanol–water partition coefficient (Wildman–Crippen LogP) is 2.80. The maximum absolute atomic E-state index is 5.54. The van der Waals surface area contributed by atoms with Crippen molar-refractivity contribution < 1.29 is 9.47 Å². The predicted molar refractivity (Wildman–Crippen MR) is 115 cm³/mol. The van der Waals surface area contributed by atoms with Gasteiger partial charge in [-0.15, -0.1) is 11.3 Å². The van der Waals surface area contributed by atoms with Crippen LogP contribution in [0, 0.1) is 6.92 Å². The molecule has 0 radical (unpaired) electrons. The van der Waals surface area contributed by atoms with E-state index in [9.17, 15) is 0 Å². The van der Waals surface area contributed by atoms with Gasteiger partial charge >= 0.3 is 0 Å². The standard InChI is InChI=1S/C21H30N4O2S/c1-16-8-9-20(28-16)18(25-10-12-27-13-11-25)15-24-21(22-2)23-14-17-6-4-5-7-19(17)26-3/h4-9,18H,10-15H2,1-3H3,(H2,22,23,24). The smallest absolute Gasteiger partial charge is 0.191 e. The molecular weight excluding hydrogens is 372 g/mol. The Bertz CT molecular complexity index is 771. The molecule has 2 N–H and O–H groups in total. The molecule has 1 fully saturated rings. The van der Waals surface area contributed by atoms with Crippen LogP contribution in [0.25, 0.3) is 0 Å². The van der Waals surface area contributed by atoms with Gasteiger partial charge < -0.3 is 20.1 Å². The van der Waals surface area contributed by atoms with Crippen molar-refractivity contribution in [3.63, 3.8) is 0 Å². The first-order valence-electron chi connectivity index (χ1n) is 9.66. The Kier molecular flexibility index (Phi) is 7.71. The summed E-state index contributed by atoms with van der Waals surface area (Å²) in [7, 11) is 3.50. The van der Waals surface area contributed by atoms with Crippen LogP contribution in [0.4, 0.5) is 0 Å². The second kappa shape index (κ2) is 10.5. The van der Waals surface area contributed by atoms with E-state index in [4.69, 9.17) is 9.47 Å². The van der Waals surface area contributed by atoms with Crippen LogP contribution in [-0.2, 0) is 11.3 Å². The van der Waals surface area contributed by atoms with E-state index < -0.39 is 0 Å². The van der Waals surface area contributed by atoms with Crippen LogP contribution in [0.15, 0.2) is 41.4 Å². The average Bonchev–Trinajstić information content (AvgIpc) is 3.17. The average molecular weight is 403 g/mol. The Morgan fingerprint density at radius 2 is 2.00 bits per heavy atom. The third-order valence-corrected chi connectivity index (χ3v) is 6.00. The highest BCUT2D eigenvalue weighted by atomic mass is 32.1. The lowest BCUT2D eigenvalue weighted by Crippen LogP contribution is -2.46. The maximum atomic E-state index is 5.54. The molecule has 0 amide bonds. The summed E-state index contributed by atoms with van der Waals surface area (Å²) in [6.45, 7) is 7.11. The van der Waals surface area contributed by atoms with Crippen molar-refractivity contribution in [2.24, 2.45) is 4.99 Å². The normalized spacial score (nSPS) is 16.6. The minimum atomic E-state index is 0.312. The first-order valence-corrected chi connectivity index (χ1v) is 10.5. The Labute approximate surface area is 171 Å². The van der Waals surface area contributed by atoms with E-state index in [0.717, 1.165) is 50.1 Å². The van der Waals surface area contributed by atoms with Crippen LogP contribution in [0.2, 0.25) is 0 Å². The Balaban J connectivity index is 1.62. The van der Waals surface area contributed by atoms with Crippen molar-refractivity contribution in [3.05, 3.63) is 51.7 Å². The van der Waals surface area contributed by atoms with E-state index in [0.29, 0.717) is 12.6 Å². The Hall–Kier alpha value is -2.09. The molecule has 1 aromatic heterocycles. The SMILES string of the molecule is CN=C(NCc1ccccc1OC)NCC(c1ccc(C)s1)N1CCOCC1. The molecule has 2 heterocycles. The number of para-hydroxylation sites is 1. The van der Waals surface area contributed by atoms with Crippen molar-refractivity contribution in [2.75, 3.05) is 47.0 Å². The first kappa shape index (κ1) is 20.6. The van der Waals surface area contributed by atoms with E-state index in [-0.39, 0.29) is 0 Å². The largest absolute Gasteiger partial charge is 0.496 e. The number of benzene rings is 1. The quantitative estimate of drug-likeness (QED) is 0.551. The number of morpholine rings is 1. The highest BCUT2D eigenvalue weighted by Gasteiger charge is 2.24. The number of guanidine groups is 1. The van der Waals surface area contributed by atoms with Gasteiger partial charge in [0.15, 0.2) is 5.96 Å². The molecule has 152 valence electrons. The number of nitrogens with one attached hydrogen (secondary N) is 2. The van der Waals surface area contributed by atoms with Gasteiger partial charge in [0.25, 0.3) is 0 Å². The lowest BCUT2D eigenvalue weighted by atomic mass is 10.2. The third-order valence-electron chi connectivity index (χ3n) is 4.90. The Morgan fingerprint density at radius 1 is 1.21 bits per heavy atom. The second-order valence-electron chi connectivity index (χ2n) is 6.73. The van der Waals surface area contributed by atoms with Crippen molar-refractivity contribution in [1.29, 1.82) is 0 Å². The molecule has 0 spiro atoms. The minimum absolute atomic E-state index is 0.312. The fourth-order valence-electron chi connectivity index (χ4n) is 3.37. The van der Waals surface area contributed by atoms with Gasteiger partial charge in [-0.25, -0.2) is 0 Å². The number of thiophene rings is 1. The Morgan fingerprint density at radius 3 is 2.68 bits per heavy atom. The topological polar surface area (TPSA) is 58.1 Å². The molecule has 1 aromatic carbocycles. The molecule has 1 aliphatic heterocycles. The summed E-state index contributed by atoms with van der Waals surface area (Å²) in [4.78, 5) is 9.61. The molecular formula is C21H30N4O2S. The van der Waals surface area contributed by atoms with Crippen LogP contribution >= 0.6 is 11.3 Å². The highest BCUT2D eigenvalue weighted by Crippen LogP contribution is 2.27. The van der Waals surface area contributed by atoms with E-state index in [1.165, 1.54) is 9.75 Å². The molecule has 0 saturated carbocycles. The van der Waals surface area contributed by atoms with Gasteiger partial charge in [0.2, 0.25) is 0 Å². The number of aliphatic imine (C=N–C) groups is 1. The van der Waals surface area contributed by atoms with Crippen molar-refractivity contribution >= 4 is 17.3 Å². The number of hydrogen-bond donors (Lipinski definition) is 2. The summed E-state index contributed by atoms with van der Waals surface area (Å²) >= 11 is 1.86. The van der Waals surface area contributed by atoms with E-state index in [1.807, 2.05) is 29.5 Å². The number of rotatable bonds is 7. The summed E-state index contributed by atoms with van der Waals surface area (Å²) in [6.07, 6.45) is 0. The number of ether oxygens (including phenoxy) is 2. The fourth-order valence-corrected chi connectivity index (χ4v) is 4.39. The summed E-state index contributed by atoms with van der Waals surface area (Å²) < 4.78 is 11.0. The van der Waals surface area contributed by atoms with Crippen LogP contribution in [0.5, 0.6) is 5.75 Å². The third kappa shape index (κ3) is 5.47. The molecule has 1 atom stereocenters. The zero-order valence-corrected chi connectivity index (χ0v) is 17.7. The molecule has 28 heavy (non-hydrogen) atoms. The second-order valence-corrected chi connectivity index (χ2v) is 8.05. The first-order chi connectivity index (χ1) is 13.7. The molecule has 7 heteroatoms. The number of aryl methyl sites for hydroxylation is 1. The monoisotopic (exact) mass is 402 g/mol. The molecule has 1 saturated heterocycles. The van der Waals surface area contributed by atoms with Crippen molar-refractivity contribution in [3.8, 4) is 5.75 Å². The lowest BCUT2D eigenvalue weighted by molar-refractivity contribution is 0.0177. The van der Waals surface area contributed by atoms with Crippen LogP contribution in [-0.4, -0.2) is 57.9 Å². The highest BCUT2D eigenvalue weighted by molar-refractivity contribution is 7.12. The number of methoxy groups -OCH3 is 1. The number of hydrogen-bond acceptors (Lipinski definition) is 5. The van der Waals surface area contributed by atoms with Gasteiger partial charge in [-0.2, -0.15) is 0 Å². The van der Waals surface area contributed by atoms with Gasteiger partial charge in [-0.1, -0.05) is 18.2 Å². The maximum Gasteiger partial charge on any atom is 0.191 e. The fraction of sp³-hybridized carbons (Fsp3) is 0.476. The molecule has 0 bridgehead atoms. The van der Waals surface area contributed by atoms with Gasteiger partial charge in [0.1, 0.15) is 5.75 Å². The molecule has 2 aromatic rings. The molecule has 3 rings (SSSR count). The van der Waals surface area contributed by atoms with Crippen molar-refractivity contribution in [1.82, 2.24) is 15.5 Å². The molecule has 1 unspecified atom stereocenters. The molecule has 1 aliphatic rings. The molecule has 0 aliphatic carbocycles. The summed E-state index contributed by atoms with van der Waals surface area (Å²) in [5, 5.41) is 6.90. The van der Waals surface area contributed by atoms with Crippen LogP contribution in [0.1, 0.15) is 21.4 Å². The summed E-state index contributed by atoms with van der Waals surface area (Å²) in [5.41, 5.74) is 1.10. The van der Waals surface area contributed by atoms with Crippen LogP contribution < -0.4 is 15.4 Å². The van der Waals surface area contributed by atoms with E-state index in [2.05, 4.69) is 45.6 Å². The number of nitrogens with zero attached hydrogens (tertiary/aromatic N) is 2. The van der Waals surface area contributed by atoms with Crippen molar-refractivity contribution in [2.45, 2.75) is 19.5 Å². The van der Waals surface area contributed by atoms with Gasteiger partial charge in [0.05, 0.1) is 26.4 Å². The van der Waals surface area contributed by atoms with Gasteiger partial charge in [-0.05, 0) is 25.1 Å². The van der Waals surface area contributed by atoms with Gasteiger partial charge in [-0.3, -0.25) is 9.89 Å². The summed E-state index contributed by atoms with van der Waals surface area (Å²) in [6, 6.07) is 12.8. The van der Waals surface area contributed by atoms with Gasteiger partial charge in [0, 0.05) is 48.5 Å². The minimum Gasteiger partial charge on any atom is -0.496 e. The lowest BCUT2D eigenvalue weighted by Gasteiger charge is -2.34. The zero-order chi connectivity index (χ0) is 19.8. The zero-order valence-electron chi connectivity index (χ0n) is 16.9. The van der Waals surface area contributed by atoms with E-state index >= 15 is 0 Å².